The Balaban J connectivity index is 3.02. The standard InChI is InChI=1S/C34H58N8O6S/c1-6-22(4)29(42-33(47)27(19-23-12-8-7-9-13-23)41-31(45)24(36)14-10-11-16-35)34(48)38-20-28(43)39-26(18-21(2)3)32(46)40-25(30(37)44)15-17-49-5/h7-9,12-13,21-22,24-27,29H,6,10-11,14-20,35-36H2,1-5H3,(H2,37,44)(H,38,48)(H,39,43)(H,40,46)(H,41,45)(H,42,47)/t22-,24-,25-,26-,27-,29-/m0/s1. The van der Waals surface area contributed by atoms with Crippen molar-refractivity contribution >= 4 is 47.2 Å². The van der Waals surface area contributed by atoms with Crippen LogP contribution in [-0.2, 0) is 35.2 Å². The maximum atomic E-state index is 13.6. The maximum Gasteiger partial charge on any atom is 0.243 e. The summed E-state index contributed by atoms with van der Waals surface area (Å²) >= 11 is 1.51. The molecule has 0 aromatic heterocycles. The van der Waals surface area contributed by atoms with E-state index in [0.717, 1.165) is 12.0 Å². The summed E-state index contributed by atoms with van der Waals surface area (Å²) in [4.78, 5) is 77.9. The van der Waals surface area contributed by atoms with E-state index >= 15 is 0 Å². The molecule has 0 fully saturated rings. The van der Waals surface area contributed by atoms with Gasteiger partial charge in [-0.2, -0.15) is 11.8 Å². The van der Waals surface area contributed by atoms with Crippen LogP contribution in [0, 0.1) is 11.8 Å². The molecule has 0 spiro atoms. The molecule has 15 heteroatoms. The summed E-state index contributed by atoms with van der Waals surface area (Å²) in [5.74, 6) is -3.19. The third-order valence-electron chi connectivity index (χ3n) is 8.07. The highest BCUT2D eigenvalue weighted by Gasteiger charge is 2.32. The molecule has 0 unspecified atom stereocenters. The quantitative estimate of drug-likeness (QED) is 0.0678. The minimum atomic E-state index is -1.03. The highest BCUT2D eigenvalue weighted by atomic mass is 32.2. The van der Waals surface area contributed by atoms with Gasteiger partial charge in [-0.15, -0.1) is 0 Å². The predicted molar refractivity (Wildman–Crippen MR) is 193 cm³/mol. The van der Waals surface area contributed by atoms with Gasteiger partial charge in [0.15, 0.2) is 0 Å². The summed E-state index contributed by atoms with van der Waals surface area (Å²) in [5, 5.41) is 13.4. The van der Waals surface area contributed by atoms with E-state index in [1.807, 2.05) is 57.4 Å². The number of thioether (sulfide) groups is 1. The average Bonchev–Trinajstić information content (AvgIpc) is 3.06. The average molecular weight is 707 g/mol. The molecule has 1 aromatic carbocycles. The topological polar surface area (TPSA) is 241 Å². The van der Waals surface area contributed by atoms with Gasteiger partial charge in [0.2, 0.25) is 35.4 Å². The Hall–Kier alpha value is -3.69. The molecule has 0 aliphatic heterocycles. The predicted octanol–water partition coefficient (Wildman–Crippen LogP) is 0.0714. The summed E-state index contributed by atoms with van der Waals surface area (Å²) in [6, 6.07) is 4.42. The third-order valence-corrected chi connectivity index (χ3v) is 8.71. The fourth-order valence-corrected chi connectivity index (χ4v) is 5.42. The van der Waals surface area contributed by atoms with Crippen molar-refractivity contribution in [2.24, 2.45) is 29.0 Å². The van der Waals surface area contributed by atoms with Crippen LogP contribution in [0.2, 0.25) is 0 Å². The molecule has 14 nitrogen and oxygen atoms in total. The Bertz CT molecular complexity index is 1200. The summed E-state index contributed by atoms with van der Waals surface area (Å²) in [7, 11) is 0. The molecule has 0 radical (unpaired) electrons. The molecule has 6 amide bonds. The number of benzene rings is 1. The highest BCUT2D eigenvalue weighted by Crippen LogP contribution is 2.11. The number of primary amides is 1. The van der Waals surface area contributed by atoms with Gasteiger partial charge in [0.05, 0.1) is 12.6 Å². The first-order valence-electron chi connectivity index (χ1n) is 17.0. The lowest BCUT2D eigenvalue weighted by Crippen LogP contribution is -2.58. The number of hydrogen-bond donors (Lipinski definition) is 8. The summed E-state index contributed by atoms with van der Waals surface area (Å²) in [5.41, 5.74) is 17.9. The number of nitrogens with one attached hydrogen (secondary N) is 5. The van der Waals surface area contributed by atoms with Gasteiger partial charge >= 0.3 is 0 Å². The fourth-order valence-electron chi connectivity index (χ4n) is 4.95. The second kappa shape index (κ2) is 23.6. The van der Waals surface area contributed by atoms with Gasteiger partial charge in [-0.05, 0) is 61.6 Å². The zero-order chi connectivity index (χ0) is 36.9. The van der Waals surface area contributed by atoms with Gasteiger partial charge < -0.3 is 43.8 Å². The van der Waals surface area contributed by atoms with Crippen molar-refractivity contribution in [3.63, 3.8) is 0 Å². The zero-order valence-electron chi connectivity index (χ0n) is 29.6. The number of carbonyl (C=O) groups excluding carboxylic acids is 6. The molecule has 1 aromatic rings. The Labute approximate surface area is 295 Å². The van der Waals surface area contributed by atoms with Gasteiger partial charge in [-0.3, -0.25) is 28.8 Å². The lowest BCUT2D eigenvalue weighted by molar-refractivity contribution is -0.134. The van der Waals surface area contributed by atoms with Gasteiger partial charge in [-0.25, -0.2) is 0 Å². The molecule has 0 bridgehead atoms. The van der Waals surface area contributed by atoms with E-state index in [4.69, 9.17) is 17.2 Å². The molecular weight excluding hydrogens is 648 g/mol. The van der Waals surface area contributed by atoms with Gasteiger partial charge in [0.1, 0.15) is 24.2 Å². The molecule has 11 N–H and O–H groups in total. The SMILES string of the molecule is CC[C@H](C)[C@H](NC(=O)[C@H](Cc1ccccc1)NC(=O)[C@@H](N)CCCCN)C(=O)NCC(=O)N[C@@H](CC(C)C)C(=O)N[C@@H](CCSC)C(N)=O. The van der Waals surface area contributed by atoms with E-state index in [0.29, 0.717) is 38.0 Å². The number of nitrogens with two attached hydrogens (primary N) is 3. The minimum Gasteiger partial charge on any atom is -0.368 e. The van der Waals surface area contributed by atoms with Crippen molar-refractivity contribution in [2.75, 3.05) is 25.1 Å². The zero-order valence-corrected chi connectivity index (χ0v) is 30.4. The molecule has 0 heterocycles. The maximum absolute atomic E-state index is 13.6. The van der Waals surface area contributed by atoms with E-state index in [2.05, 4.69) is 26.6 Å². The lowest BCUT2D eigenvalue weighted by atomic mass is 9.97. The van der Waals surface area contributed by atoms with E-state index in [-0.39, 0.29) is 24.7 Å². The molecule has 276 valence electrons. The second-order valence-electron chi connectivity index (χ2n) is 12.7. The highest BCUT2D eigenvalue weighted by molar-refractivity contribution is 7.98. The van der Waals surface area contributed by atoms with Crippen LogP contribution in [0.4, 0.5) is 0 Å². The number of rotatable bonds is 24. The number of unbranched alkanes of at least 4 members (excludes halogenated alkanes) is 1. The van der Waals surface area contributed by atoms with E-state index in [1.165, 1.54) is 11.8 Å². The van der Waals surface area contributed by atoms with Crippen LogP contribution in [0.3, 0.4) is 0 Å². The van der Waals surface area contributed by atoms with Crippen LogP contribution in [0.1, 0.15) is 71.8 Å². The van der Waals surface area contributed by atoms with E-state index in [9.17, 15) is 28.8 Å². The fraction of sp³-hybridized carbons (Fsp3) is 0.647. The van der Waals surface area contributed by atoms with Crippen LogP contribution < -0.4 is 43.8 Å². The monoisotopic (exact) mass is 706 g/mol. The number of amides is 6. The molecule has 6 atom stereocenters. The van der Waals surface area contributed by atoms with Gasteiger partial charge in [0.25, 0.3) is 0 Å². The van der Waals surface area contributed by atoms with E-state index in [1.54, 1.807) is 6.92 Å². The summed E-state index contributed by atoms with van der Waals surface area (Å²) in [6.45, 7) is 7.44. The first-order chi connectivity index (χ1) is 23.2. The normalized spacial score (nSPS) is 14.8. The molecule has 1 rings (SSSR count). The minimum absolute atomic E-state index is 0.0266. The Morgan fingerprint density at radius 1 is 0.796 bits per heavy atom. The van der Waals surface area contributed by atoms with Crippen molar-refractivity contribution in [1.29, 1.82) is 0 Å². The third kappa shape index (κ3) is 17.0. The van der Waals surface area contributed by atoms with Gasteiger partial charge in [0, 0.05) is 6.42 Å². The van der Waals surface area contributed by atoms with Crippen molar-refractivity contribution in [3.05, 3.63) is 35.9 Å². The largest absolute Gasteiger partial charge is 0.368 e. The number of hydrogen-bond acceptors (Lipinski definition) is 9. The molecule has 0 saturated carbocycles. The first-order valence-corrected chi connectivity index (χ1v) is 18.4. The number of carbonyl (C=O) groups is 6. The first kappa shape index (κ1) is 43.3. The van der Waals surface area contributed by atoms with Gasteiger partial charge in [-0.1, -0.05) is 70.9 Å². The molecule has 49 heavy (non-hydrogen) atoms. The molecule has 0 saturated heterocycles. The van der Waals surface area contributed by atoms with Crippen molar-refractivity contribution in [1.82, 2.24) is 26.6 Å². The van der Waals surface area contributed by atoms with E-state index < -0.39 is 72.2 Å². The second-order valence-corrected chi connectivity index (χ2v) is 13.7. The Morgan fingerprint density at radius 3 is 2.00 bits per heavy atom. The smallest absolute Gasteiger partial charge is 0.243 e. The van der Waals surface area contributed by atoms with Crippen LogP contribution in [0.5, 0.6) is 0 Å². The van der Waals surface area contributed by atoms with Crippen LogP contribution in [0.15, 0.2) is 30.3 Å². The van der Waals surface area contributed by atoms with Crippen molar-refractivity contribution in [2.45, 2.75) is 103 Å². The summed E-state index contributed by atoms with van der Waals surface area (Å²) < 4.78 is 0. The molecular formula is C34H58N8O6S. The van der Waals surface area contributed by atoms with Crippen LogP contribution >= 0.6 is 11.8 Å². The van der Waals surface area contributed by atoms with Crippen molar-refractivity contribution in [3.8, 4) is 0 Å². The van der Waals surface area contributed by atoms with Crippen LogP contribution in [0.25, 0.3) is 0 Å². The summed E-state index contributed by atoms with van der Waals surface area (Å²) in [6.07, 6.45) is 5.00. The Morgan fingerprint density at radius 2 is 1.43 bits per heavy atom. The Kier molecular flexibility index (Phi) is 20.9. The molecule has 0 aliphatic carbocycles. The lowest BCUT2D eigenvalue weighted by Gasteiger charge is -2.27. The molecule has 0 aliphatic rings. The van der Waals surface area contributed by atoms with Crippen LogP contribution in [-0.4, -0.2) is 90.8 Å². The van der Waals surface area contributed by atoms with Crippen molar-refractivity contribution < 1.29 is 28.8 Å².